The maximum absolute atomic E-state index is 10.7. The molecule has 1 aromatic carbocycles. The van der Waals surface area contributed by atoms with Crippen LogP contribution >= 0.6 is 11.6 Å². The Kier molecular flexibility index (Phi) is 4.25. The highest BCUT2D eigenvalue weighted by molar-refractivity contribution is 6.30. The summed E-state index contributed by atoms with van der Waals surface area (Å²) in [5.41, 5.74) is 1.51. The Hall–Kier alpha value is -2.86. The Balaban J connectivity index is 1.82. The van der Waals surface area contributed by atoms with Crippen molar-refractivity contribution in [1.29, 1.82) is 0 Å². The summed E-state index contributed by atoms with van der Waals surface area (Å²) < 4.78 is 1.73. The van der Waals surface area contributed by atoms with Crippen LogP contribution in [0.5, 0.6) is 0 Å². The van der Waals surface area contributed by atoms with Crippen molar-refractivity contribution in [3.8, 4) is 5.82 Å². The minimum Gasteiger partial charge on any atom is -0.481 e. The Morgan fingerprint density at radius 3 is 2.96 bits per heavy atom. The van der Waals surface area contributed by atoms with E-state index in [0.717, 1.165) is 5.69 Å². The van der Waals surface area contributed by atoms with Gasteiger partial charge in [0.2, 0.25) is 0 Å². The molecule has 0 unspecified atom stereocenters. The SMILES string of the molecule is O=C(O)Cc1ccn(-c2cncc(Nc3cccc(Cl)c3)n2)c1. The zero-order valence-corrected chi connectivity index (χ0v) is 12.7. The van der Waals surface area contributed by atoms with E-state index in [1.807, 2.05) is 12.1 Å². The molecule has 3 rings (SSSR count). The molecule has 2 N–H and O–H groups in total. The first-order valence-corrected chi connectivity index (χ1v) is 7.21. The average molecular weight is 329 g/mol. The lowest BCUT2D eigenvalue weighted by Gasteiger charge is -2.07. The minimum absolute atomic E-state index is 0.0269. The van der Waals surface area contributed by atoms with Gasteiger partial charge in [0.1, 0.15) is 0 Å². The number of aliphatic carboxylic acids is 1. The largest absolute Gasteiger partial charge is 0.481 e. The Morgan fingerprint density at radius 2 is 2.17 bits per heavy atom. The van der Waals surface area contributed by atoms with E-state index in [1.54, 1.807) is 47.6 Å². The molecule has 2 heterocycles. The third-order valence-electron chi connectivity index (χ3n) is 3.09. The number of hydrogen-bond acceptors (Lipinski definition) is 4. The third-order valence-corrected chi connectivity index (χ3v) is 3.33. The van der Waals surface area contributed by atoms with Crippen molar-refractivity contribution < 1.29 is 9.90 Å². The summed E-state index contributed by atoms with van der Waals surface area (Å²) in [6, 6.07) is 9.04. The minimum atomic E-state index is -0.870. The highest BCUT2D eigenvalue weighted by Crippen LogP contribution is 2.19. The van der Waals surface area contributed by atoms with Gasteiger partial charge in [-0.3, -0.25) is 9.78 Å². The molecule has 0 saturated heterocycles. The molecular weight excluding hydrogens is 316 g/mol. The Labute approximate surface area is 137 Å². The van der Waals surface area contributed by atoms with Crippen molar-refractivity contribution in [2.45, 2.75) is 6.42 Å². The van der Waals surface area contributed by atoms with Crippen molar-refractivity contribution >= 4 is 29.1 Å². The second kappa shape index (κ2) is 6.50. The van der Waals surface area contributed by atoms with Crippen LogP contribution in [0.25, 0.3) is 5.82 Å². The number of carboxylic acid groups (broad SMARTS) is 1. The van der Waals surface area contributed by atoms with Gasteiger partial charge in [-0.1, -0.05) is 17.7 Å². The van der Waals surface area contributed by atoms with Crippen molar-refractivity contribution in [3.63, 3.8) is 0 Å². The summed E-state index contributed by atoms with van der Waals surface area (Å²) in [4.78, 5) is 19.4. The van der Waals surface area contributed by atoms with E-state index in [-0.39, 0.29) is 6.42 Å². The summed E-state index contributed by atoms with van der Waals surface area (Å²) in [6.45, 7) is 0. The van der Waals surface area contributed by atoms with Gasteiger partial charge in [-0.25, -0.2) is 4.98 Å². The Bertz CT molecular complexity index is 847. The van der Waals surface area contributed by atoms with Crippen LogP contribution in [0.2, 0.25) is 5.02 Å². The van der Waals surface area contributed by atoms with Crippen molar-refractivity contribution in [1.82, 2.24) is 14.5 Å². The lowest BCUT2D eigenvalue weighted by atomic mass is 10.2. The highest BCUT2D eigenvalue weighted by Gasteiger charge is 2.06. The Morgan fingerprint density at radius 1 is 1.30 bits per heavy atom. The number of aromatic nitrogens is 3. The molecule has 0 atom stereocenters. The van der Waals surface area contributed by atoms with Gasteiger partial charge in [0.15, 0.2) is 11.6 Å². The predicted molar refractivity (Wildman–Crippen MR) is 87.4 cm³/mol. The number of nitrogens with zero attached hydrogens (tertiary/aromatic N) is 3. The molecule has 0 aliphatic carbocycles. The van der Waals surface area contributed by atoms with Crippen LogP contribution in [0.3, 0.4) is 0 Å². The first-order chi connectivity index (χ1) is 11.1. The second-order valence-electron chi connectivity index (χ2n) is 4.90. The van der Waals surface area contributed by atoms with Gasteiger partial charge in [0, 0.05) is 23.1 Å². The molecule has 0 aliphatic heterocycles. The van der Waals surface area contributed by atoms with E-state index in [9.17, 15) is 4.79 Å². The smallest absolute Gasteiger partial charge is 0.307 e. The van der Waals surface area contributed by atoms with Gasteiger partial charge in [0.25, 0.3) is 0 Å². The summed E-state index contributed by atoms with van der Waals surface area (Å²) in [6.07, 6.45) is 6.66. The molecule has 0 radical (unpaired) electrons. The number of carboxylic acids is 1. The zero-order valence-electron chi connectivity index (χ0n) is 12.0. The molecule has 7 heteroatoms. The second-order valence-corrected chi connectivity index (χ2v) is 5.33. The average Bonchev–Trinajstić information content (AvgIpc) is 2.95. The van der Waals surface area contributed by atoms with Crippen LogP contribution in [0.4, 0.5) is 11.5 Å². The van der Waals surface area contributed by atoms with Crippen LogP contribution in [-0.2, 0) is 11.2 Å². The molecule has 23 heavy (non-hydrogen) atoms. The number of carbonyl (C=O) groups is 1. The quantitative estimate of drug-likeness (QED) is 0.751. The first kappa shape index (κ1) is 15.1. The molecule has 0 aliphatic rings. The molecule has 116 valence electrons. The van der Waals surface area contributed by atoms with Crippen LogP contribution < -0.4 is 5.32 Å². The van der Waals surface area contributed by atoms with Gasteiger partial charge < -0.3 is 15.0 Å². The normalized spacial score (nSPS) is 10.5. The van der Waals surface area contributed by atoms with Gasteiger partial charge >= 0.3 is 5.97 Å². The highest BCUT2D eigenvalue weighted by atomic mass is 35.5. The molecular formula is C16H13ClN4O2. The third kappa shape index (κ3) is 3.87. The standard InChI is InChI=1S/C16H13ClN4O2/c17-12-2-1-3-13(7-12)19-14-8-18-9-15(20-14)21-5-4-11(10-21)6-16(22)23/h1-5,7-10H,6H2,(H,19,20)(H,22,23). The number of halogens is 1. The van der Waals surface area contributed by atoms with Crippen molar-refractivity contribution in [2.75, 3.05) is 5.32 Å². The van der Waals surface area contributed by atoms with E-state index < -0.39 is 5.97 Å². The lowest BCUT2D eigenvalue weighted by Crippen LogP contribution is -2.01. The lowest BCUT2D eigenvalue weighted by molar-refractivity contribution is -0.136. The molecule has 0 amide bonds. The van der Waals surface area contributed by atoms with Crippen LogP contribution in [0.1, 0.15) is 5.56 Å². The van der Waals surface area contributed by atoms with Gasteiger partial charge in [-0.2, -0.15) is 0 Å². The summed E-state index contributed by atoms with van der Waals surface area (Å²) in [5, 5.41) is 12.6. The maximum atomic E-state index is 10.7. The fourth-order valence-electron chi connectivity index (χ4n) is 2.12. The molecule has 2 aromatic heterocycles. The summed E-state index contributed by atoms with van der Waals surface area (Å²) in [5.74, 6) is 0.289. The number of hydrogen-bond donors (Lipinski definition) is 2. The van der Waals surface area contributed by atoms with Gasteiger partial charge in [-0.05, 0) is 29.8 Å². The van der Waals surface area contributed by atoms with Crippen molar-refractivity contribution in [2.24, 2.45) is 0 Å². The molecule has 0 bridgehead atoms. The van der Waals surface area contributed by atoms with E-state index in [0.29, 0.717) is 22.2 Å². The first-order valence-electron chi connectivity index (χ1n) is 6.84. The molecule has 6 nitrogen and oxygen atoms in total. The zero-order chi connectivity index (χ0) is 16.2. The number of anilines is 2. The summed E-state index contributed by atoms with van der Waals surface area (Å²) >= 11 is 5.95. The molecule has 0 saturated carbocycles. The predicted octanol–water partition coefficient (Wildman–Crippen LogP) is 3.29. The summed E-state index contributed by atoms with van der Waals surface area (Å²) in [7, 11) is 0. The van der Waals surface area contributed by atoms with E-state index in [2.05, 4.69) is 15.3 Å². The van der Waals surface area contributed by atoms with Gasteiger partial charge in [-0.15, -0.1) is 0 Å². The monoisotopic (exact) mass is 328 g/mol. The molecule has 0 fully saturated rings. The topological polar surface area (TPSA) is 80.0 Å². The maximum Gasteiger partial charge on any atom is 0.307 e. The van der Waals surface area contributed by atoms with E-state index >= 15 is 0 Å². The van der Waals surface area contributed by atoms with E-state index in [1.165, 1.54) is 0 Å². The van der Waals surface area contributed by atoms with E-state index in [4.69, 9.17) is 16.7 Å². The van der Waals surface area contributed by atoms with Crippen LogP contribution in [0, 0.1) is 0 Å². The van der Waals surface area contributed by atoms with Gasteiger partial charge in [0.05, 0.1) is 18.8 Å². The molecule has 3 aromatic rings. The van der Waals surface area contributed by atoms with Crippen molar-refractivity contribution in [3.05, 3.63) is 65.7 Å². The fourth-order valence-corrected chi connectivity index (χ4v) is 2.31. The number of benzene rings is 1. The molecule has 0 spiro atoms. The fraction of sp³-hybridized carbons (Fsp3) is 0.0625. The number of rotatable bonds is 5. The van der Waals surface area contributed by atoms with Crippen LogP contribution in [-0.4, -0.2) is 25.6 Å². The number of nitrogens with one attached hydrogen (secondary N) is 1. The van der Waals surface area contributed by atoms with Crippen LogP contribution in [0.15, 0.2) is 55.1 Å².